The minimum absolute atomic E-state index is 0.168. The van der Waals surface area contributed by atoms with Crippen molar-refractivity contribution in [3.05, 3.63) is 40.4 Å². The predicted molar refractivity (Wildman–Crippen MR) is 55.0 cm³/mol. The Labute approximate surface area is 90.3 Å². The van der Waals surface area contributed by atoms with Gasteiger partial charge in [-0.25, -0.2) is 4.98 Å². The summed E-state index contributed by atoms with van der Waals surface area (Å²) in [6.07, 6.45) is 1.26. The Morgan fingerprint density at radius 3 is 2.75 bits per heavy atom. The Hall–Kier alpha value is -2.37. The molecule has 0 atom stereocenters. The van der Waals surface area contributed by atoms with Crippen LogP contribution >= 0.6 is 0 Å². The van der Waals surface area contributed by atoms with E-state index in [-0.39, 0.29) is 11.4 Å². The van der Waals surface area contributed by atoms with E-state index in [2.05, 4.69) is 4.98 Å². The highest BCUT2D eigenvalue weighted by Crippen LogP contribution is 2.33. The number of benzene rings is 1. The van der Waals surface area contributed by atoms with Crippen LogP contribution in [0.2, 0.25) is 0 Å². The van der Waals surface area contributed by atoms with E-state index < -0.39 is 4.92 Å². The fourth-order valence-electron chi connectivity index (χ4n) is 1.39. The minimum Gasteiger partial charge on any atom is -0.507 e. The van der Waals surface area contributed by atoms with Gasteiger partial charge in [-0.1, -0.05) is 0 Å². The molecule has 6 heteroatoms. The first-order valence-electron chi connectivity index (χ1n) is 4.47. The van der Waals surface area contributed by atoms with Crippen LogP contribution in [0.5, 0.6) is 5.75 Å². The molecule has 16 heavy (non-hydrogen) atoms. The molecule has 0 aliphatic rings. The van der Waals surface area contributed by atoms with Crippen molar-refractivity contribution in [1.29, 1.82) is 0 Å². The standard InChI is InChI=1S/C10H8N2O4/c1-6-10(16-5-11-6)8-3-2-7(12(14)15)4-9(8)13/h2-5,13H,1H3. The van der Waals surface area contributed by atoms with Crippen LogP contribution < -0.4 is 0 Å². The summed E-state index contributed by atoms with van der Waals surface area (Å²) in [7, 11) is 0. The number of phenolic OH excluding ortho intramolecular Hbond substituents is 1. The van der Waals surface area contributed by atoms with Gasteiger partial charge < -0.3 is 9.52 Å². The Morgan fingerprint density at radius 2 is 2.25 bits per heavy atom. The van der Waals surface area contributed by atoms with Crippen LogP contribution in [0.4, 0.5) is 5.69 Å². The molecule has 2 aromatic rings. The Morgan fingerprint density at radius 1 is 1.50 bits per heavy atom. The Kier molecular flexibility index (Phi) is 2.32. The molecule has 1 N–H and O–H groups in total. The van der Waals surface area contributed by atoms with Crippen LogP contribution in [0, 0.1) is 17.0 Å². The summed E-state index contributed by atoms with van der Waals surface area (Å²) >= 11 is 0. The molecule has 1 aromatic heterocycles. The number of nitro groups is 1. The molecule has 0 unspecified atom stereocenters. The van der Waals surface area contributed by atoms with Gasteiger partial charge in [0.05, 0.1) is 22.2 Å². The van der Waals surface area contributed by atoms with Gasteiger partial charge in [-0.05, 0) is 13.0 Å². The zero-order valence-electron chi connectivity index (χ0n) is 8.38. The lowest BCUT2D eigenvalue weighted by Crippen LogP contribution is -1.88. The molecular formula is C10H8N2O4. The molecule has 1 heterocycles. The average molecular weight is 220 g/mol. The molecular weight excluding hydrogens is 212 g/mol. The van der Waals surface area contributed by atoms with Gasteiger partial charge in [0.25, 0.3) is 5.69 Å². The second-order valence-corrected chi connectivity index (χ2v) is 3.23. The summed E-state index contributed by atoms with van der Waals surface area (Å²) in [5, 5.41) is 20.1. The molecule has 82 valence electrons. The second kappa shape index (κ2) is 3.65. The van der Waals surface area contributed by atoms with E-state index in [1.807, 2.05) is 0 Å². The van der Waals surface area contributed by atoms with Gasteiger partial charge in [-0.3, -0.25) is 10.1 Å². The third-order valence-corrected chi connectivity index (χ3v) is 2.18. The number of aromatic nitrogens is 1. The number of nitrogens with zero attached hydrogens (tertiary/aromatic N) is 2. The number of phenols is 1. The molecule has 0 aliphatic heterocycles. The highest BCUT2D eigenvalue weighted by atomic mass is 16.6. The number of nitro benzene ring substituents is 1. The average Bonchev–Trinajstić information content (AvgIpc) is 2.64. The summed E-state index contributed by atoms with van der Waals surface area (Å²) in [5.74, 6) is 0.210. The van der Waals surface area contributed by atoms with E-state index in [0.717, 1.165) is 6.07 Å². The third kappa shape index (κ3) is 1.60. The van der Waals surface area contributed by atoms with Crippen LogP contribution in [0.25, 0.3) is 11.3 Å². The number of aryl methyl sites for hydroxylation is 1. The first-order chi connectivity index (χ1) is 7.59. The molecule has 0 amide bonds. The minimum atomic E-state index is -0.573. The van der Waals surface area contributed by atoms with E-state index in [1.165, 1.54) is 18.5 Å². The first-order valence-corrected chi connectivity index (χ1v) is 4.47. The van der Waals surface area contributed by atoms with E-state index in [0.29, 0.717) is 17.0 Å². The van der Waals surface area contributed by atoms with Crippen LogP contribution in [0.3, 0.4) is 0 Å². The highest BCUT2D eigenvalue weighted by molar-refractivity contribution is 5.68. The van der Waals surface area contributed by atoms with E-state index in [4.69, 9.17) is 4.42 Å². The molecule has 0 saturated heterocycles. The summed E-state index contributed by atoms with van der Waals surface area (Å²) in [6.45, 7) is 1.72. The SMILES string of the molecule is Cc1ncoc1-c1ccc([N+](=O)[O-])cc1O. The van der Waals surface area contributed by atoms with Gasteiger partial charge >= 0.3 is 0 Å². The number of hydrogen-bond donors (Lipinski definition) is 1. The molecule has 0 spiro atoms. The van der Waals surface area contributed by atoms with Crippen LogP contribution in [0.1, 0.15) is 5.69 Å². The van der Waals surface area contributed by atoms with Crippen LogP contribution in [-0.2, 0) is 0 Å². The van der Waals surface area contributed by atoms with Crippen LogP contribution in [-0.4, -0.2) is 15.0 Å². The fraction of sp³-hybridized carbons (Fsp3) is 0.100. The monoisotopic (exact) mass is 220 g/mol. The number of non-ortho nitro benzene ring substituents is 1. The Balaban J connectivity index is 2.52. The molecule has 2 rings (SSSR count). The van der Waals surface area contributed by atoms with Crippen molar-refractivity contribution in [2.24, 2.45) is 0 Å². The maximum atomic E-state index is 10.5. The summed E-state index contributed by atoms with van der Waals surface area (Å²) in [4.78, 5) is 13.8. The topological polar surface area (TPSA) is 89.4 Å². The van der Waals surface area contributed by atoms with Gasteiger partial charge in [-0.15, -0.1) is 0 Å². The number of hydrogen-bond acceptors (Lipinski definition) is 5. The zero-order valence-corrected chi connectivity index (χ0v) is 8.38. The lowest BCUT2D eigenvalue weighted by molar-refractivity contribution is -0.384. The highest BCUT2D eigenvalue weighted by Gasteiger charge is 2.15. The summed E-state index contributed by atoms with van der Waals surface area (Å²) < 4.78 is 5.09. The largest absolute Gasteiger partial charge is 0.507 e. The lowest BCUT2D eigenvalue weighted by atomic mass is 10.1. The number of rotatable bonds is 2. The van der Waals surface area contributed by atoms with E-state index in [9.17, 15) is 15.2 Å². The fourth-order valence-corrected chi connectivity index (χ4v) is 1.39. The number of aromatic hydroxyl groups is 1. The summed E-state index contributed by atoms with van der Waals surface area (Å²) in [6, 6.07) is 3.81. The maximum Gasteiger partial charge on any atom is 0.273 e. The van der Waals surface area contributed by atoms with Crippen molar-refractivity contribution >= 4 is 5.69 Å². The number of oxazole rings is 1. The summed E-state index contributed by atoms with van der Waals surface area (Å²) in [5.41, 5.74) is 0.836. The Bertz CT molecular complexity index is 548. The van der Waals surface area contributed by atoms with Crippen molar-refractivity contribution in [1.82, 2.24) is 4.98 Å². The van der Waals surface area contributed by atoms with E-state index in [1.54, 1.807) is 6.92 Å². The molecule has 0 saturated carbocycles. The van der Waals surface area contributed by atoms with Crippen molar-refractivity contribution < 1.29 is 14.4 Å². The predicted octanol–water partition coefficient (Wildman–Crippen LogP) is 2.26. The molecule has 0 fully saturated rings. The second-order valence-electron chi connectivity index (χ2n) is 3.23. The molecule has 1 aromatic carbocycles. The van der Waals surface area contributed by atoms with Crippen LogP contribution in [0.15, 0.2) is 29.0 Å². The normalized spacial score (nSPS) is 10.3. The lowest BCUT2D eigenvalue weighted by Gasteiger charge is -2.01. The van der Waals surface area contributed by atoms with Gasteiger partial charge in [0.2, 0.25) is 0 Å². The van der Waals surface area contributed by atoms with Gasteiger partial charge in [0.15, 0.2) is 12.2 Å². The van der Waals surface area contributed by atoms with Gasteiger partial charge in [-0.2, -0.15) is 0 Å². The van der Waals surface area contributed by atoms with Crippen molar-refractivity contribution in [3.63, 3.8) is 0 Å². The zero-order chi connectivity index (χ0) is 11.7. The smallest absolute Gasteiger partial charge is 0.273 e. The third-order valence-electron chi connectivity index (χ3n) is 2.18. The van der Waals surface area contributed by atoms with Crippen molar-refractivity contribution in [2.75, 3.05) is 0 Å². The molecule has 0 aliphatic carbocycles. The van der Waals surface area contributed by atoms with E-state index >= 15 is 0 Å². The molecule has 6 nitrogen and oxygen atoms in total. The van der Waals surface area contributed by atoms with Gasteiger partial charge in [0.1, 0.15) is 5.75 Å². The maximum absolute atomic E-state index is 10.5. The van der Waals surface area contributed by atoms with Crippen molar-refractivity contribution in [3.8, 4) is 17.1 Å². The quantitative estimate of drug-likeness (QED) is 0.619. The van der Waals surface area contributed by atoms with Gasteiger partial charge in [0, 0.05) is 6.07 Å². The molecule has 0 bridgehead atoms. The van der Waals surface area contributed by atoms with Crippen molar-refractivity contribution in [2.45, 2.75) is 6.92 Å². The first kappa shape index (κ1) is 10.2. The molecule has 0 radical (unpaired) electrons.